The second kappa shape index (κ2) is 26.5. The minimum atomic E-state index is -5.94. The molecule has 7 unspecified atom stereocenters. The lowest BCUT2D eigenvalue weighted by Gasteiger charge is -2.36. The molecule has 75 heavy (non-hydrogen) atoms. The number of amides is 2. The number of nitrogens with one attached hydrogen (secondary N) is 2. The van der Waals surface area contributed by atoms with Crippen LogP contribution in [-0.4, -0.2) is 109 Å². The Balaban J connectivity index is 0.948. The maximum Gasteiger partial charge on any atom is 0.309 e. The molecular formula is C46H68N7O19P3-4. The Morgan fingerprint density at radius 1 is 0.880 bits per heavy atom. The predicted molar refractivity (Wildman–Crippen MR) is 259 cm³/mol. The summed E-state index contributed by atoms with van der Waals surface area (Å²) >= 11 is 0. The van der Waals surface area contributed by atoms with Crippen LogP contribution in [0.3, 0.4) is 0 Å². The quantitative estimate of drug-likeness (QED) is 0.0368. The third kappa shape index (κ3) is 18.5. The van der Waals surface area contributed by atoms with E-state index in [0.29, 0.717) is 6.42 Å². The molecule has 2 aliphatic rings. The summed E-state index contributed by atoms with van der Waals surface area (Å²) in [5, 5.41) is 35.9. The van der Waals surface area contributed by atoms with Crippen molar-refractivity contribution in [1.29, 1.82) is 0 Å². The molecular weight excluding hydrogens is 1050 g/mol. The topological polar surface area (TPSA) is 412 Å². The highest BCUT2D eigenvalue weighted by molar-refractivity contribution is 7.59. The first-order chi connectivity index (χ1) is 35.1. The number of rotatable bonds is 34. The Morgan fingerprint density at radius 2 is 1.49 bits per heavy atom. The molecule has 0 spiro atoms. The number of imidazole rings is 1. The summed E-state index contributed by atoms with van der Waals surface area (Å²) in [4.78, 5) is 110. The molecule has 0 radical (unpaired) electrons. The number of carboxylic acids is 1. The average molecular weight is 1120 g/mol. The Bertz CT molecular complexity index is 2590. The van der Waals surface area contributed by atoms with Gasteiger partial charge in [-0.15, -0.1) is 0 Å². The highest BCUT2D eigenvalue weighted by Crippen LogP contribution is 2.57. The summed E-state index contributed by atoms with van der Waals surface area (Å²) < 4.78 is 61.0. The number of nitrogens with zero attached hydrogens (tertiary/aromatic N) is 4. The third-order valence-electron chi connectivity index (χ3n) is 13.5. The Hall–Kier alpha value is -4.10. The molecule has 1 aliphatic heterocycles. The maximum absolute atomic E-state index is 13.1. The molecule has 2 amide bonds. The monoisotopic (exact) mass is 1120 g/mol. The first-order valence-electron chi connectivity index (χ1n) is 24.7. The number of nitrogens with two attached hydrogens (primary N) is 1. The number of nitrogen functional groups attached to an aromatic ring is 1. The summed E-state index contributed by atoms with van der Waals surface area (Å²) in [6, 6.07) is 8.46. The van der Waals surface area contributed by atoms with E-state index in [1.807, 2.05) is 13.8 Å². The van der Waals surface area contributed by atoms with Crippen molar-refractivity contribution in [3.63, 3.8) is 0 Å². The number of ether oxygens (including phenoxy) is 1. The number of phosphoric ester groups is 3. The Labute approximate surface area is 434 Å². The van der Waals surface area contributed by atoms with Crippen LogP contribution in [0, 0.1) is 16.2 Å². The average Bonchev–Trinajstić information content (AvgIpc) is 3.91. The van der Waals surface area contributed by atoms with Gasteiger partial charge in [-0.1, -0.05) is 84.1 Å². The van der Waals surface area contributed by atoms with Crippen LogP contribution in [0.25, 0.3) is 11.2 Å². The third-order valence-corrected chi connectivity index (χ3v) is 16.5. The van der Waals surface area contributed by atoms with E-state index in [1.165, 1.54) is 25.0 Å². The van der Waals surface area contributed by atoms with Crippen LogP contribution < -0.4 is 35.9 Å². The lowest BCUT2D eigenvalue weighted by Crippen LogP contribution is -2.46. The molecule has 1 aliphatic carbocycles. The van der Waals surface area contributed by atoms with Gasteiger partial charge in [-0.05, 0) is 62.5 Å². The van der Waals surface area contributed by atoms with Crippen LogP contribution in [0.4, 0.5) is 5.82 Å². The lowest BCUT2D eigenvalue weighted by molar-refractivity contribution is -0.347. The van der Waals surface area contributed by atoms with Crippen molar-refractivity contribution < 1.29 is 90.4 Å². The van der Waals surface area contributed by atoms with Crippen molar-refractivity contribution in [3.05, 3.63) is 48.0 Å². The molecule has 29 heteroatoms. The molecule has 5 rings (SSSR count). The normalized spacial score (nSPS) is 20.8. The molecule has 3 aromatic rings. The first kappa shape index (κ1) is 61.7. The first-order valence-corrected chi connectivity index (χ1v) is 29.1. The van der Waals surface area contributed by atoms with Gasteiger partial charge in [-0.2, -0.15) is 0 Å². The number of hydrogen-bond donors (Lipinski definition) is 6. The molecule has 2 aromatic heterocycles. The van der Waals surface area contributed by atoms with Gasteiger partial charge in [-0.3, -0.25) is 32.9 Å². The van der Waals surface area contributed by atoms with E-state index < -0.39 is 101 Å². The van der Waals surface area contributed by atoms with Crippen LogP contribution in [0.1, 0.15) is 129 Å². The Kier molecular flexibility index (Phi) is 21.8. The number of anilines is 1. The zero-order valence-electron chi connectivity index (χ0n) is 42.4. The van der Waals surface area contributed by atoms with Gasteiger partial charge in [0, 0.05) is 36.8 Å². The number of carboxylic acid groups (broad SMARTS) is 1. The van der Waals surface area contributed by atoms with Crippen molar-refractivity contribution >= 4 is 64.0 Å². The van der Waals surface area contributed by atoms with Crippen molar-refractivity contribution in [2.24, 2.45) is 16.2 Å². The minimum absolute atomic E-state index is 0.0105. The summed E-state index contributed by atoms with van der Waals surface area (Å²) in [5.41, 5.74) is 5.68. The number of carbonyl (C=O) groups is 4. The molecule has 7 N–H and O–H groups in total. The molecule has 1 aromatic carbocycles. The number of aryl methyl sites for hydroxylation is 2. The highest BCUT2D eigenvalue weighted by Gasteiger charge is 2.49. The second-order valence-electron chi connectivity index (χ2n) is 20.4. The molecule has 420 valence electrons. The smallest absolute Gasteiger partial charge is 0.309 e. The van der Waals surface area contributed by atoms with Gasteiger partial charge >= 0.3 is 5.97 Å². The fraction of sp³-hybridized carbons (Fsp3) is 0.674. The molecule has 3 heterocycles. The summed E-state index contributed by atoms with van der Waals surface area (Å²) in [5.74, 6) is -2.27. The van der Waals surface area contributed by atoms with Crippen LogP contribution in [0.2, 0.25) is 0 Å². The molecule has 0 bridgehead atoms. The van der Waals surface area contributed by atoms with E-state index >= 15 is 0 Å². The van der Waals surface area contributed by atoms with Gasteiger partial charge in [-0.25, -0.2) is 19.3 Å². The number of Topliss-reactive ketones (excluding diaryl/α,β-unsaturated/α-hetero) is 1. The van der Waals surface area contributed by atoms with Crippen molar-refractivity contribution in [2.45, 2.75) is 155 Å². The standard InChI is InChI=1S/C46H72N7O19P3/c1-44(2,20-12-6-5-8-14-30-16-10-11-17-31(30)15-9-7-13-21-46(22-23-46)43(59)60)33(54)18-24-48-34(55)19-25-49-41(58)38(57)45(3,4)27-69-75(66,67)72-74(64,65)68-26-32-37(71-73(61,62)63)36(56)42(70-32)53-29-52-35-39(47)50-28-51-40(35)53/h10-11,16-17,28-29,32,36-38,42,56-57H,5-9,12-15,18-27H2,1-4H3,(H,48,55)(H,49,58)(H,59,60)(H,64,65)(H,66,67)(H2,47,50,51)(H2,61,62,63)/p-4. The predicted octanol–water partition coefficient (Wildman–Crippen LogP) is 2.02. The van der Waals surface area contributed by atoms with Crippen LogP contribution in [-0.2, 0) is 68.3 Å². The Morgan fingerprint density at radius 3 is 2.12 bits per heavy atom. The number of benzene rings is 1. The molecule has 7 atom stereocenters. The van der Waals surface area contributed by atoms with E-state index in [4.69, 9.17) is 10.5 Å². The fourth-order valence-corrected chi connectivity index (χ4v) is 11.4. The van der Waals surface area contributed by atoms with Crippen LogP contribution >= 0.6 is 23.5 Å². The van der Waals surface area contributed by atoms with Gasteiger partial charge in [0.25, 0.3) is 15.6 Å². The number of carbonyl (C=O) groups excluding carboxylic acids is 3. The second-order valence-corrected chi connectivity index (χ2v) is 24.4. The van der Waals surface area contributed by atoms with Crippen molar-refractivity contribution in [1.82, 2.24) is 30.2 Å². The van der Waals surface area contributed by atoms with Crippen molar-refractivity contribution in [2.75, 3.05) is 32.0 Å². The number of fused-ring (bicyclic) bond motifs is 1. The summed E-state index contributed by atoms with van der Waals surface area (Å²) in [6.07, 6.45) is 4.25. The molecule has 1 saturated heterocycles. The van der Waals surface area contributed by atoms with E-state index in [0.717, 1.165) is 94.3 Å². The number of phosphoric acid groups is 3. The highest BCUT2D eigenvalue weighted by atomic mass is 31.3. The maximum atomic E-state index is 13.1. The number of aromatic nitrogens is 4. The molecule has 26 nitrogen and oxygen atoms in total. The van der Waals surface area contributed by atoms with E-state index in [9.17, 15) is 67.8 Å². The fourth-order valence-electron chi connectivity index (χ4n) is 8.67. The summed E-state index contributed by atoms with van der Waals surface area (Å²) in [6.45, 7) is 3.69. The molecule has 1 saturated carbocycles. The minimum Gasteiger partial charge on any atom is -0.790 e. The van der Waals surface area contributed by atoms with E-state index in [2.05, 4.69) is 67.7 Å². The van der Waals surface area contributed by atoms with Gasteiger partial charge in [0.2, 0.25) is 11.8 Å². The number of aliphatic hydroxyl groups is 2. The van der Waals surface area contributed by atoms with Gasteiger partial charge in [0.05, 0.1) is 32.8 Å². The SMILES string of the molecule is CC(C)(CCCCCCc1ccccc1CCCCCC1(C(=O)O)CC1)C(=O)CCNC(=O)CCNC(=O)C(O)C(C)(C)COP(=O)([O-])OP(=O)([O-])OCC1OC(n2cnc3c(N)ncnc32)C(O)C1OP(=O)([O-])[O-]. The van der Waals surface area contributed by atoms with Crippen LogP contribution in [0.15, 0.2) is 36.9 Å². The number of aliphatic hydroxyl groups excluding tert-OH is 2. The number of aliphatic carboxylic acids is 1. The zero-order valence-corrected chi connectivity index (χ0v) is 45.1. The van der Waals surface area contributed by atoms with Crippen molar-refractivity contribution in [3.8, 4) is 0 Å². The number of unbranched alkanes of at least 4 members (excludes halogenated alkanes) is 5. The summed E-state index contributed by atoms with van der Waals surface area (Å²) in [7, 11) is -17.7. The van der Waals surface area contributed by atoms with Gasteiger partial charge in [0.1, 0.15) is 42.0 Å². The van der Waals surface area contributed by atoms with Gasteiger partial charge < -0.3 is 74.1 Å². The van der Waals surface area contributed by atoms with E-state index in [-0.39, 0.29) is 48.7 Å². The zero-order chi connectivity index (χ0) is 55.4. The molecule has 2 fully saturated rings. The lowest BCUT2D eigenvalue weighted by atomic mass is 9.81. The van der Waals surface area contributed by atoms with Gasteiger partial charge in [0.15, 0.2) is 17.7 Å². The number of ketones is 1. The number of hydrogen-bond acceptors (Lipinski definition) is 22. The largest absolute Gasteiger partial charge is 0.790 e. The van der Waals surface area contributed by atoms with Crippen LogP contribution in [0.5, 0.6) is 0 Å². The van der Waals surface area contributed by atoms with E-state index in [1.54, 1.807) is 0 Å².